The minimum Gasteiger partial charge on any atom is -0.872 e. The van der Waals surface area contributed by atoms with Gasteiger partial charge in [0.1, 0.15) is 0 Å². The van der Waals surface area contributed by atoms with Gasteiger partial charge in [-0.25, -0.2) is 0 Å². The third-order valence-electron chi connectivity index (χ3n) is 6.88. The lowest BCUT2D eigenvalue weighted by Gasteiger charge is -2.22. The van der Waals surface area contributed by atoms with E-state index in [2.05, 4.69) is 10.6 Å². The van der Waals surface area contributed by atoms with E-state index >= 15 is 0 Å². The lowest BCUT2D eigenvalue weighted by atomic mass is 9.86. The average Bonchev–Trinajstić information content (AvgIpc) is 3.45. The molecule has 0 saturated carbocycles. The summed E-state index contributed by atoms with van der Waals surface area (Å²) < 4.78 is 45.3. The molecule has 0 aliphatic carbocycles. The Labute approximate surface area is 225 Å². The minimum atomic E-state index is -4.47. The molecule has 1 heterocycles. The van der Waals surface area contributed by atoms with Crippen molar-refractivity contribution in [3.8, 4) is 5.75 Å². The van der Waals surface area contributed by atoms with Gasteiger partial charge in [-0.2, -0.15) is 13.2 Å². The molecule has 0 spiro atoms. The van der Waals surface area contributed by atoms with Crippen LogP contribution in [-0.2, 0) is 22.3 Å². The van der Waals surface area contributed by atoms with Gasteiger partial charge in [0.05, 0.1) is 17.9 Å². The van der Waals surface area contributed by atoms with Crippen molar-refractivity contribution in [2.24, 2.45) is 11.8 Å². The second-order valence-corrected chi connectivity index (χ2v) is 9.66. The molecule has 1 amide bonds. The highest BCUT2D eigenvalue weighted by molar-refractivity contribution is 5.96. The standard InChI is InChI=1S/C30H31F3N2O4/c31-30(32,33)26-8-1-2-9-27(26)35-23-13-11-20(12-14-23)18-34-29(38)25(22-15-16-39-19-22)7-4-10-28(37)21-5-3-6-24(36)17-21/h1-3,5-6,8-9,11-14,17,22,25,35-36H,4,7,10,15-16,18-19H2,(H,34,38)/p-1/t22?,25-/m0/s1. The molecular weight excluding hydrogens is 509 g/mol. The minimum absolute atomic E-state index is 0.0353. The molecule has 206 valence electrons. The largest absolute Gasteiger partial charge is 0.872 e. The van der Waals surface area contributed by atoms with Gasteiger partial charge in [-0.1, -0.05) is 48.5 Å². The fraction of sp³-hybridized carbons (Fsp3) is 0.333. The normalized spacial score (nSPS) is 16.0. The number of hydrogen-bond donors (Lipinski definition) is 2. The number of carbonyl (C=O) groups is 2. The molecule has 1 aliphatic heterocycles. The number of ketones is 1. The summed E-state index contributed by atoms with van der Waals surface area (Å²) in [7, 11) is 0. The number of alkyl halides is 3. The van der Waals surface area contributed by atoms with Crippen molar-refractivity contribution < 1.29 is 32.6 Å². The molecule has 3 aromatic carbocycles. The molecule has 1 saturated heterocycles. The van der Waals surface area contributed by atoms with E-state index in [1.165, 1.54) is 30.3 Å². The molecule has 2 N–H and O–H groups in total. The maximum atomic E-state index is 13.3. The maximum absolute atomic E-state index is 13.3. The fourth-order valence-electron chi connectivity index (χ4n) is 4.77. The number of carbonyl (C=O) groups excluding carboxylic acids is 2. The number of anilines is 2. The van der Waals surface area contributed by atoms with Crippen LogP contribution in [0.25, 0.3) is 0 Å². The zero-order valence-electron chi connectivity index (χ0n) is 21.3. The number of benzene rings is 3. The number of halogens is 3. The molecule has 3 aromatic rings. The maximum Gasteiger partial charge on any atom is 0.418 e. The highest BCUT2D eigenvalue weighted by Gasteiger charge is 2.33. The van der Waals surface area contributed by atoms with Crippen molar-refractivity contribution in [3.05, 3.63) is 89.5 Å². The third-order valence-corrected chi connectivity index (χ3v) is 6.88. The Morgan fingerprint density at radius 2 is 1.79 bits per heavy atom. The van der Waals surface area contributed by atoms with Crippen LogP contribution in [0.15, 0.2) is 72.8 Å². The quantitative estimate of drug-likeness (QED) is 0.299. The Bertz CT molecular complexity index is 1270. The van der Waals surface area contributed by atoms with Crippen LogP contribution < -0.4 is 15.7 Å². The Morgan fingerprint density at radius 3 is 2.49 bits per heavy atom. The van der Waals surface area contributed by atoms with Gasteiger partial charge in [-0.3, -0.25) is 9.59 Å². The van der Waals surface area contributed by atoms with E-state index in [0.29, 0.717) is 37.3 Å². The number of para-hydroxylation sites is 1. The third kappa shape index (κ3) is 7.83. The van der Waals surface area contributed by atoms with Crippen molar-refractivity contribution in [2.45, 2.75) is 38.4 Å². The van der Waals surface area contributed by atoms with Gasteiger partial charge in [0.25, 0.3) is 0 Å². The van der Waals surface area contributed by atoms with Crippen molar-refractivity contribution in [2.75, 3.05) is 18.5 Å². The SMILES string of the molecule is O=C(CCC[C@H](C(=O)NCc1ccc(Nc2ccccc2C(F)(F)F)cc1)C1CCOC1)c1cccc([O-])c1. The van der Waals surface area contributed by atoms with E-state index in [-0.39, 0.29) is 47.9 Å². The highest BCUT2D eigenvalue weighted by Crippen LogP contribution is 2.36. The fourth-order valence-corrected chi connectivity index (χ4v) is 4.77. The first-order valence-corrected chi connectivity index (χ1v) is 12.9. The molecule has 4 rings (SSSR count). The van der Waals surface area contributed by atoms with Crippen LogP contribution in [0, 0.1) is 11.8 Å². The number of nitrogens with one attached hydrogen (secondary N) is 2. The molecular formula is C30H30F3N2O4-. The second-order valence-electron chi connectivity index (χ2n) is 9.66. The smallest absolute Gasteiger partial charge is 0.418 e. The van der Waals surface area contributed by atoms with Gasteiger partial charge >= 0.3 is 6.18 Å². The monoisotopic (exact) mass is 539 g/mol. The van der Waals surface area contributed by atoms with Crippen molar-refractivity contribution in [3.63, 3.8) is 0 Å². The van der Waals surface area contributed by atoms with E-state index in [1.807, 2.05) is 0 Å². The van der Waals surface area contributed by atoms with E-state index in [1.54, 1.807) is 36.4 Å². The molecule has 1 fully saturated rings. The lowest BCUT2D eigenvalue weighted by Crippen LogP contribution is -2.35. The Morgan fingerprint density at radius 1 is 1.03 bits per heavy atom. The number of Topliss-reactive ketones (excluding diaryl/α,β-unsaturated/α-hetero) is 1. The first-order valence-electron chi connectivity index (χ1n) is 12.9. The first-order chi connectivity index (χ1) is 18.7. The summed E-state index contributed by atoms with van der Waals surface area (Å²) in [6, 6.07) is 18.0. The van der Waals surface area contributed by atoms with E-state index in [4.69, 9.17) is 4.74 Å². The predicted octanol–water partition coefficient (Wildman–Crippen LogP) is 5.84. The van der Waals surface area contributed by atoms with Crippen LogP contribution in [0.4, 0.5) is 24.5 Å². The zero-order chi connectivity index (χ0) is 27.8. The van der Waals surface area contributed by atoms with Crippen LogP contribution in [0.1, 0.15) is 47.2 Å². The summed E-state index contributed by atoms with van der Waals surface area (Å²) in [6.45, 7) is 1.34. The van der Waals surface area contributed by atoms with Crippen LogP contribution in [0.2, 0.25) is 0 Å². The van der Waals surface area contributed by atoms with Gasteiger partial charge in [0.15, 0.2) is 5.78 Å². The first kappa shape index (κ1) is 28.2. The number of rotatable bonds is 11. The summed E-state index contributed by atoms with van der Waals surface area (Å²) in [4.78, 5) is 25.6. The summed E-state index contributed by atoms with van der Waals surface area (Å²) in [5.74, 6) is -0.714. The molecule has 39 heavy (non-hydrogen) atoms. The van der Waals surface area contributed by atoms with Gasteiger partial charge in [-0.15, -0.1) is 5.75 Å². The molecule has 0 radical (unpaired) electrons. The van der Waals surface area contributed by atoms with E-state index in [9.17, 15) is 27.9 Å². The Kier molecular flexibility index (Phi) is 9.24. The number of amides is 1. The lowest BCUT2D eigenvalue weighted by molar-refractivity contribution is -0.268. The zero-order valence-corrected chi connectivity index (χ0v) is 21.3. The average molecular weight is 540 g/mol. The van der Waals surface area contributed by atoms with Crippen LogP contribution in [-0.4, -0.2) is 24.9 Å². The molecule has 6 nitrogen and oxygen atoms in total. The summed E-state index contributed by atoms with van der Waals surface area (Å²) >= 11 is 0. The highest BCUT2D eigenvalue weighted by atomic mass is 19.4. The Hall–Kier alpha value is -3.85. The number of ether oxygens (including phenoxy) is 1. The molecule has 0 aromatic heterocycles. The van der Waals surface area contributed by atoms with Crippen LogP contribution in [0.5, 0.6) is 5.75 Å². The summed E-state index contributed by atoms with van der Waals surface area (Å²) in [5.41, 5.74) is 0.894. The van der Waals surface area contributed by atoms with Crippen LogP contribution in [0.3, 0.4) is 0 Å². The van der Waals surface area contributed by atoms with E-state index in [0.717, 1.165) is 18.1 Å². The van der Waals surface area contributed by atoms with Gasteiger partial charge in [0, 0.05) is 36.7 Å². The van der Waals surface area contributed by atoms with Crippen molar-refractivity contribution in [1.82, 2.24) is 5.32 Å². The molecule has 2 atom stereocenters. The van der Waals surface area contributed by atoms with Gasteiger partial charge in [-0.05, 0) is 55.0 Å². The molecule has 0 bridgehead atoms. The van der Waals surface area contributed by atoms with Crippen molar-refractivity contribution >= 4 is 23.1 Å². The molecule has 1 aliphatic rings. The van der Waals surface area contributed by atoms with E-state index < -0.39 is 11.7 Å². The van der Waals surface area contributed by atoms with Gasteiger partial charge in [0.2, 0.25) is 5.91 Å². The predicted molar refractivity (Wildman–Crippen MR) is 140 cm³/mol. The Balaban J connectivity index is 1.32. The molecule has 1 unspecified atom stereocenters. The second kappa shape index (κ2) is 12.8. The molecule has 9 heteroatoms. The topological polar surface area (TPSA) is 90.5 Å². The summed E-state index contributed by atoms with van der Waals surface area (Å²) in [6.07, 6.45) is -2.43. The van der Waals surface area contributed by atoms with Crippen molar-refractivity contribution in [1.29, 1.82) is 0 Å². The van der Waals surface area contributed by atoms with Crippen LogP contribution >= 0.6 is 0 Å². The van der Waals surface area contributed by atoms with Gasteiger partial charge < -0.3 is 20.5 Å². The number of hydrogen-bond acceptors (Lipinski definition) is 5. The summed E-state index contributed by atoms with van der Waals surface area (Å²) in [5, 5.41) is 17.3.